The first-order valence-electron chi connectivity index (χ1n) is 7.13. The van der Waals surface area contributed by atoms with Gasteiger partial charge in [-0.1, -0.05) is 30.5 Å². The lowest BCUT2D eigenvalue weighted by Crippen LogP contribution is -2.46. The van der Waals surface area contributed by atoms with Gasteiger partial charge in [-0.2, -0.15) is 0 Å². The summed E-state index contributed by atoms with van der Waals surface area (Å²) in [5, 5.41) is 3.66. The highest BCUT2D eigenvalue weighted by Gasteiger charge is 2.21. The average Bonchev–Trinajstić information content (AvgIpc) is 2.30. The fourth-order valence-corrected chi connectivity index (χ4v) is 3.13. The number of rotatable bonds is 3. The maximum Gasteiger partial charge on any atom is 0.0222 e. The molecule has 1 aliphatic carbocycles. The summed E-state index contributed by atoms with van der Waals surface area (Å²) in [5.41, 5.74) is 11.8. The van der Waals surface area contributed by atoms with Crippen LogP contribution in [0.1, 0.15) is 47.9 Å². The maximum absolute atomic E-state index is 6.18. The highest BCUT2D eigenvalue weighted by Crippen LogP contribution is 2.20. The number of nitrogens with two attached hydrogens (primary N) is 1. The molecule has 2 atom stereocenters. The van der Waals surface area contributed by atoms with Crippen molar-refractivity contribution in [2.24, 2.45) is 5.73 Å². The number of hydrogen-bond acceptors (Lipinski definition) is 2. The Labute approximate surface area is 111 Å². The molecule has 0 aromatic heterocycles. The maximum atomic E-state index is 6.18. The summed E-state index contributed by atoms with van der Waals surface area (Å²) in [5.74, 6) is 0. The molecule has 0 spiro atoms. The Morgan fingerprint density at radius 3 is 2.33 bits per heavy atom. The molecule has 1 aliphatic rings. The molecule has 3 N–H and O–H groups in total. The molecular weight excluding hydrogens is 220 g/mol. The summed E-state index contributed by atoms with van der Waals surface area (Å²) in [7, 11) is 0. The third kappa shape index (κ3) is 3.12. The average molecular weight is 246 g/mol. The van der Waals surface area contributed by atoms with Crippen molar-refractivity contribution in [1.29, 1.82) is 0 Å². The van der Waals surface area contributed by atoms with Gasteiger partial charge < -0.3 is 11.1 Å². The smallest absolute Gasteiger partial charge is 0.0222 e. The fraction of sp³-hybridized carbons (Fsp3) is 0.625. The van der Waals surface area contributed by atoms with Crippen LogP contribution in [0, 0.1) is 20.8 Å². The van der Waals surface area contributed by atoms with E-state index >= 15 is 0 Å². The molecule has 0 aliphatic heterocycles. The van der Waals surface area contributed by atoms with Gasteiger partial charge >= 0.3 is 0 Å². The Balaban J connectivity index is 2.01. The molecule has 2 rings (SSSR count). The quantitative estimate of drug-likeness (QED) is 0.860. The normalized spacial score (nSPS) is 24.2. The first-order valence-corrected chi connectivity index (χ1v) is 7.13. The minimum absolute atomic E-state index is 0.338. The topological polar surface area (TPSA) is 38.0 Å². The highest BCUT2D eigenvalue weighted by molar-refractivity contribution is 5.37. The third-order valence-electron chi connectivity index (χ3n) is 4.20. The van der Waals surface area contributed by atoms with Crippen molar-refractivity contribution in [3.05, 3.63) is 34.4 Å². The third-order valence-corrected chi connectivity index (χ3v) is 4.20. The largest absolute Gasteiger partial charge is 0.326 e. The van der Waals surface area contributed by atoms with Crippen LogP contribution in [0.4, 0.5) is 0 Å². The molecule has 1 fully saturated rings. The van der Waals surface area contributed by atoms with Gasteiger partial charge in [0, 0.05) is 18.6 Å². The molecule has 100 valence electrons. The summed E-state index contributed by atoms with van der Waals surface area (Å²) < 4.78 is 0. The van der Waals surface area contributed by atoms with Crippen LogP contribution < -0.4 is 11.1 Å². The molecule has 0 bridgehead atoms. The van der Waals surface area contributed by atoms with Crippen LogP contribution in [0.15, 0.2) is 12.1 Å². The van der Waals surface area contributed by atoms with E-state index in [2.05, 4.69) is 38.2 Å². The molecule has 0 radical (unpaired) electrons. The number of aryl methyl sites for hydroxylation is 3. The van der Waals surface area contributed by atoms with Crippen molar-refractivity contribution in [3.63, 3.8) is 0 Å². The minimum atomic E-state index is 0.338. The van der Waals surface area contributed by atoms with Gasteiger partial charge in [0.15, 0.2) is 0 Å². The Hall–Kier alpha value is -0.860. The molecule has 0 heterocycles. The molecule has 1 aromatic rings. The van der Waals surface area contributed by atoms with E-state index in [1.807, 2.05) is 0 Å². The van der Waals surface area contributed by atoms with Crippen molar-refractivity contribution in [2.75, 3.05) is 0 Å². The van der Waals surface area contributed by atoms with Gasteiger partial charge in [0.05, 0.1) is 0 Å². The Morgan fingerprint density at radius 1 is 1.11 bits per heavy atom. The second-order valence-electron chi connectivity index (χ2n) is 5.81. The first-order chi connectivity index (χ1) is 8.58. The van der Waals surface area contributed by atoms with Crippen molar-refractivity contribution >= 4 is 0 Å². The van der Waals surface area contributed by atoms with Crippen LogP contribution in [0.3, 0.4) is 0 Å². The molecule has 0 saturated heterocycles. The van der Waals surface area contributed by atoms with Crippen molar-refractivity contribution in [1.82, 2.24) is 5.32 Å². The number of hydrogen-bond donors (Lipinski definition) is 2. The molecule has 1 aromatic carbocycles. The summed E-state index contributed by atoms with van der Waals surface area (Å²) in [6, 6.07) is 5.37. The highest BCUT2D eigenvalue weighted by atomic mass is 15.0. The van der Waals surface area contributed by atoms with Crippen molar-refractivity contribution in [3.8, 4) is 0 Å². The van der Waals surface area contributed by atoms with E-state index in [1.54, 1.807) is 0 Å². The van der Waals surface area contributed by atoms with Crippen LogP contribution in [0.25, 0.3) is 0 Å². The van der Waals surface area contributed by atoms with E-state index in [9.17, 15) is 0 Å². The predicted molar refractivity (Wildman–Crippen MR) is 77.7 cm³/mol. The van der Waals surface area contributed by atoms with Crippen LogP contribution in [-0.4, -0.2) is 12.1 Å². The zero-order valence-electron chi connectivity index (χ0n) is 11.9. The van der Waals surface area contributed by atoms with Gasteiger partial charge in [-0.05, 0) is 50.3 Å². The minimum Gasteiger partial charge on any atom is -0.326 e. The second-order valence-corrected chi connectivity index (χ2v) is 5.81. The summed E-state index contributed by atoms with van der Waals surface area (Å²) in [4.78, 5) is 0. The molecule has 0 amide bonds. The lowest BCUT2D eigenvalue weighted by Gasteiger charge is -2.30. The number of benzene rings is 1. The number of nitrogens with one attached hydrogen (secondary N) is 1. The molecule has 2 nitrogen and oxygen atoms in total. The standard InChI is InChI=1S/C16H26N2/c1-11-8-12(2)14(13(3)9-11)10-18-16-7-5-4-6-15(16)17/h8-9,15-16,18H,4-7,10,17H2,1-3H3. The van der Waals surface area contributed by atoms with E-state index < -0.39 is 0 Å². The monoisotopic (exact) mass is 246 g/mol. The Morgan fingerprint density at radius 2 is 1.72 bits per heavy atom. The molecule has 2 unspecified atom stereocenters. The van der Waals surface area contributed by atoms with Crippen LogP contribution in [0.5, 0.6) is 0 Å². The van der Waals surface area contributed by atoms with Gasteiger partial charge in [-0.3, -0.25) is 0 Å². The molecule has 2 heteroatoms. The first kappa shape index (κ1) is 13.6. The second kappa shape index (κ2) is 5.85. The van der Waals surface area contributed by atoms with Gasteiger partial charge in [0.2, 0.25) is 0 Å². The van der Waals surface area contributed by atoms with Gasteiger partial charge in [0.25, 0.3) is 0 Å². The lowest BCUT2D eigenvalue weighted by molar-refractivity contribution is 0.326. The SMILES string of the molecule is Cc1cc(C)c(CNC2CCCCC2N)c(C)c1. The Bertz CT molecular complexity index is 389. The van der Waals surface area contributed by atoms with E-state index in [1.165, 1.54) is 47.9 Å². The van der Waals surface area contributed by atoms with E-state index in [4.69, 9.17) is 5.73 Å². The van der Waals surface area contributed by atoms with Crippen LogP contribution in [-0.2, 0) is 6.54 Å². The summed E-state index contributed by atoms with van der Waals surface area (Å²) in [6.07, 6.45) is 5.01. The molecule has 18 heavy (non-hydrogen) atoms. The van der Waals surface area contributed by atoms with Crippen molar-refractivity contribution < 1.29 is 0 Å². The van der Waals surface area contributed by atoms with Gasteiger partial charge in [-0.15, -0.1) is 0 Å². The van der Waals surface area contributed by atoms with E-state index in [0.717, 1.165) is 6.54 Å². The summed E-state index contributed by atoms with van der Waals surface area (Å²) in [6.45, 7) is 7.53. The zero-order chi connectivity index (χ0) is 13.1. The van der Waals surface area contributed by atoms with Crippen LogP contribution in [0.2, 0.25) is 0 Å². The van der Waals surface area contributed by atoms with E-state index in [0.29, 0.717) is 12.1 Å². The lowest BCUT2D eigenvalue weighted by atomic mass is 9.90. The fourth-order valence-electron chi connectivity index (χ4n) is 3.13. The Kier molecular flexibility index (Phi) is 4.41. The van der Waals surface area contributed by atoms with Gasteiger partial charge in [-0.25, -0.2) is 0 Å². The molecular formula is C16H26N2. The van der Waals surface area contributed by atoms with Crippen LogP contribution >= 0.6 is 0 Å². The zero-order valence-corrected chi connectivity index (χ0v) is 11.9. The van der Waals surface area contributed by atoms with Crippen molar-refractivity contribution in [2.45, 2.75) is 65.1 Å². The molecule has 1 saturated carbocycles. The van der Waals surface area contributed by atoms with Gasteiger partial charge in [0.1, 0.15) is 0 Å². The summed E-state index contributed by atoms with van der Waals surface area (Å²) >= 11 is 0. The predicted octanol–water partition coefficient (Wildman–Crippen LogP) is 2.97. The van der Waals surface area contributed by atoms with E-state index in [-0.39, 0.29) is 0 Å².